The number of carbonyl (C=O) groups is 3. The van der Waals surface area contributed by atoms with E-state index in [-0.39, 0.29) is 5.56 Å². The number of hydrogen-bond acceptors (Lipinski definition) is 6. The molecule has 8 nitrogen and oxygen atoms in total. The Morgan fingerprint density at radius 3 is 2.31 bits per heavy atom. The number of nitrogens with zero attached hydrogens (tertiary/aromatic N) is 1. The molecule has 3 rings (SSSR count). The molecule has 32 heavy (non-hydrogen) atoms. The molecule has 3 N–H and O–H groups in total. The van der Waals surface area contributed by atoms with Crippen LogP contribution < -0.4 is 16.2 Å². The normalized spacial score (nSPS) is 10.9. The van der Waals surface area contributed by atoms with E-state index in [1.165, 1.54) is 17.4 Å². The van der Waals surface area contributed by atoms with Crippen molar-refractivity contribution in [3.8, 4) is 10.6 Å². The Balaban J connectivity index is 1.62. The standard InChI is InChI=1S/C23H24N4O4S/c1-14-18(32-21(24-14)15-9-6-5-7-10-15)20(29)27-26-19(28)16-11-8-12-17(13-16)25-22(30)31-23(2,3)4/h5-13H,1-4H3,(H,25,30)(H,26,28)(H,27,29). The van der Waals surface area contributed by atoms with Crippen molar-refractivity contribution in [2.24, 2.45) is 0 Å². The van der Waals surface area contributed by atoms with Crippen LogP contribution in [0.4, 0.5) is 10.5 Å². The van der Waals surface area contributed by atoms with Crippen LogP contribution in [0.5, 0.6) is 0 Å². The molecule has 0 atom stereocenters. The van der Waals surface area contributed by atoms with Crippen LogP contribution in [0.1, 0.15) is 46.5 Å². The van der Waals surface area contributed by atoms with Crippen molar-refractivity contribution in [1.82, 2.24) is 15.8 Å². The summed E-state index contributed by atoms with van der Waals surface area (Å²) in [4.78, 5) is 41.8. The molecule has 3 amide bonds. The fraction of sp³-hybridized carbons (Fsp3) is 0.217. The number of hydrazine groups is 1. The quantitative estimate of drug-likeness (QED) is 0.504. The van der Waals surface area contributed by atoms with Gasteiger partial charge in [-0.3, -0.25) is 25.8 Å². The first-order chi connectivity index (χ1) is 15.1. The number of aromatic nitrogens is 1. The summed E-state index contributed by atoms with van der Waals surface area (Å²) < 4.78 is 5.20. The largest absolute Gasteiger partial charge is 0.444 e. The number of amides is 3. The summed E-state index contributed by atoms with van der Waals surface area (Å²) >= 11 is 1.25. The SMILES string of the molecule is Cc1nc(-c2ccccc2)sc1C(=O)NNC(=O)c1cccc(NC(=O)OC(C)(C)C)c1. The summed E-state index contributed by atoms with van der Waals surface area (Å²) in [6.45, 7) is 7.01. The Labute approximate surface area is 190 Å². The average molecular weight is 453 g/mol. The smallest absolute Gasteiger partial charge is 0.412 e. The minimum absolute atomic E-state index is 0.254. The zero-order valence-electron chi connectivity index (χ0n) is 18.2. The third kappa shape index (κ3) is 6.14. The number of anilines is 1. The van der Waals surface area contributed by atoms with E-state index < -0.39 is 23.5 Å². The highest BCUT2D eigenvalue weighted by Gasteiger charge is 2.18. The number of rotatable bonds is 4. The van der Waals surface area contributed by atoms with Gasteiger partial charge in [0.25, 0.3) is 11.8 Å². The van der Waals surface area contributed by atoms with Crippen molar-refractivity contribution in [1.29, 1.82) is 0 Å². The molecule has 0 saturated heterocycles. The first-order valence-corrected chi connectivity index (χ1v) is 10.7. The topological polar surface area (TPSA) is 109 Å². The fourth-order valence-electron chi connectivity index (χ4n) is 2.71. The fourth-order valence-corrected chi connectivity index (χ4v) is 3.68. The van der Waals surface area contributed by atoms with Crippen molar-refractivity contribution in [2.45, 2.75) is 33.3 Å². The second-order valence-electron chi connectivity index (χ2n) is 7.92. The third-order valence-electron chi connectivity index (χ3n) is 4.08. The van der Waals surface area contributed by atoms with Crippen molar-refractivity contribution < 1.29 is 19.1 Å². The van der Waals surface area contributed by atoms with Gasteiger partial charge < -0.3 is 4.74 Å². The summed E-state index contributed by atoms with van der Waals surface area (Å²) in [6, 6.07) is 15.8. The molecule has 0 spiro atoms. The Hall–Kier alpha value is -3.72. The van der Waals surface area contributed by atoms with Crippen molar-refractivity contribution >= 4 is 34.9 Å². The second kappa shape index (κ2) is 9.61. The van der Waals surface area contributed by atoms with Crippen LogP contribution in [0.3, 0.4) is 0 Å². The summed E-state index contributed by atoms with van der Waals surface area (Å²) in [5.74, 6) is -0.991. The van der Waals surface area contributed by atoms with Gasteiger partial charge in [0.05, 0.1) is 5.69 Å². The summed E-state index contributed by atoms with van der Waals surface area (Å²) in [6.07, 6.45) is -0.627. The minimum Gasteiger partial charge on any atom is -0.444 e. The summed E-state index contributed by atoms with van der Waals surface area (Å²) in [7, 11) is 0. The molecule has 3 aromatic rings. The Kier molecular flexibility index (Phi) is 6.89. The predicted octanol–water partition coefficient (Wildman–Crippen LogP) is 4.54. The molecule has 0 radical (unpaired) electrons. The Morgan fingerprint density at radius 1 is 0.938 bits per heavy atom. The maximum atomic E-state index is 12.6. The lowest BCUT2D eigenvalue weighted by Gasteiger charge is -2.19. The van der Waals surface area contributed by atoms with Gasteiger partial charge in [-0.2, -0.15) is 0 Å². The average Bonchev–Trinajstić information content (AvgIpc) is 3.13. The highest BCUT2D eigenvalue weighted by molar-refractivity contribution is 7.17. The Bertz CT molecular complexity index is 1140. The van der Waals surface area contributed by atoms with Crippen LogP contribution in [0.15, 0.2) is 54.6 Å². The van der Waals surface area contributed by atoms with Gasteiger partial charge in [0.15, 0.2) is 0 Å². The van der Waals surface area contributed by atoms with Crippen LogP contribution in [0, 0.1) is 6.92 Å². The van der Waals surface area contributed by atoms with Crippen LogP contribution in [-0.4, -0.2) is 28.5 Å². The van der Waals surface area contributed by atoms with Gasteiger partial charge in [-0.25, -0.2) is 9.78 Å². The zero-order chi connectivity index (χ0) is 23.3. The molecule has 0 aliphatic carbocycles. The molecule has 166 valence electrons. The van der Waals surface area contributed by atoms with Gasteiger partial charge >= 0.3 is 6.09 Å². The van der Waals surface area contributed by atoms with Gasteiger partial charge in [-0.05, 0) is 45.9 Å². The number of hydrogen-bond donors (Lipinski definition) is 3. The minimum atomic E-state index is -0.640. The third-order valence-corrected chi connectivity index (χ3v) is 5.29. The number of carbonyl (C=O) groups excluding carboxylic acids is 3. The second-order valence-corrected chi connectivity index (χ2v) is 8.91. The van der Waals surface area contributed by atoms with Crippen molar-refractivity contribution in [3.05, 3.63) is 70.7 Å². The molecule has 0 fully saturated rings. The zero-order valence-corrected chi connectivity index (χ0v) is 19.0. The molecule has 1 heterocycles. The van der Waals surface area contributed by atoms with Gasteiger partial charge in [0, 0.05) is 16.8 Å². The molecule has 0 bridgehead atoms. The van der Waals surface area contributed by atoms with Crippen molar-refractivity contribution in [3.63, 3.8) is 0 Å². The van der Waals surface area contributed by atoms with Gasteiger partial charge in [-0.15, -0.1) is 11.3 Å². The first kappa shape index (κ1) is 23.0. The number of thiazole rings is 1. The number of ether oxygens (including phenoxy) is 1. The molecule has 0 aliphatic rings. The van der Waals surface area contributed by atoms with Crippen LogP contribution >= 0.6 is 11.3 Å². The van der Waals surface area contributed by atoms with E-state index in [2.05, 4.69) is 21.2 Å². The summed E-state index contributed by atoms with van der Waals surface area (Å²) in [5, 5.41) is 3.30. The van der Waals surface area contributed by atoms with E-state index in [1.54, 1.807) is 45.9 Å². The predicted molar refractivity (Wildman–Crippen MR) is 124 cm³/mol. The molecule has 0 saturated carbocycles. The van der Waals surface area contributed by atoms with Crippen LogP contribution in [-0.2, 0) is 4.74 Å². The molecule has 9 heteroatoms. The van der Waals surface area contributed by atoms with E-state index in [0.717, 1.165) is 10.6 Å². The molecular weight excluding hydrogens is 428 g/mol. The monoisotopic (exact) mass is 452 g/mol. The highest BCUT2D eigenvalue weighted by atomic mass is 32.1. The maximum Gasteiger partial charge on any atom is 0.412 e. The van der Waals surface area contributed by atoms with Gasteiger partial charge in [0.2, 0.25) is 0 Å². The van der Waals surface area contributed by atoms with Crippen molar-refractivity contribution in [2.75, 3.05) is 5.32 Å². The van der Waals surface area contributed by atoms with E-state index in [4.69, 9.17) is 4.74 Å². The summed E-state index contributed by atoms with van der Waals surface area (Å²) in [5.41, 5.74) is 6.30. The lowest BCUT2D eigenvalue weighted by molar-refractivity contribution is 0.0635. The molecule has 2 aromatic carbocycles. The maximum absolute atomic E-state index is 12.6. The molecule has 0 aliphatic heterocycles. The van der Waals surface area contributed by atoms with E-state index in [1.807, 2.05) is 30.3 Å². The van der Waals surface area contributed by atoms with Crippen LogP contribution in [0.25, 0.3) is 10.6 Å². The van der Waals surface area contributed by atoms with Crippen LogP contribution in [0.2, 0.25) is 0 Å². The lowest BCUT2D eigenvalue weighted by Crippen LogP contribution is -2.41. The molecular formula is C23H24N4O4S. The highest BCUT2D eigenvalue weighted by Crippen LogP contribution is 2.27. The Morgan fingerprint density at radius 2 is 1.62 bits per heavy atom. The van der Waals surface area contributed by atoms with Gasteiger partial charge in [0.1, 0.15) is 15.5 Å². The first-order valence-electron chi connectivity index (χ1n) is 9.86. The number of benzene rings is 2. The molecule has 1 aromatic heterocycles. The van der Waals surface area contributed by atoms with E-state index in [9.17, 15) is 14.4 Å². The van der Waals surface area contributed by atoms with Gasteiger partial charge in [-0.1, -0.05) is 36.4 Å². The number of aryl methyl sites for hydroxylation is 1. The lowest BCUT2D eigenvalue weighted by atomic mass is 10.2. The molecule has 0 unspecified atom stereocenters. The number of nitrogens with one attached hydrogen (secondary N) is 3. The van der Waals surface area contributed by atoms with E-state index in [0.29, 0.717) is 16.3 Å². The van der Waals surface area contributed by atoms with E-state index >= 15 is 0 Å².